The zero-order chi connectivity index (χ0) is 37.0. The smallest absolute Gasteiger partial charge is 0.0547 e. The van der Waals surface area contributed by atoms with Crippen molar-refractivity contribution >= 4 is 43.6 Å². The Morgan fingerprint density at radius 3 is 1.52 bits per heavy atom. The van der Waals surface area contributed by atoms with Crippen molar-refractivity contribution in [2.75, 3.05) is 0 Å². The van der Waals surface area contributed by atoms with E-state index in [0.29, 0.717) is 0 Å². The highest BCUT2D eigenvalue weighted by Gasteiger charge is 2.19. The van der Waals surface area contributed by atoms with Crippen molar-refractivity contribution in [3.05, 3.63) is 218 Å². The predicted molar refractivity (Wildman–Crippen MR) is 237 cm³/mol. The molecule has 0 unspecified atom stereocenters. The maximum absolute atomic E-state index is 2.45. The zero-order valence-electron chi connectivity index (χ0n) is 30.7. The summed E-state index contributed by atoms with van der Waals surface area (Å²) >= 11 is 0. The van der Waals surface area contributed by atoms with Gasteiger partial charge in [-0.2, -0.15) is 0 Å². The topological polar surface area (TPSA) is 9.86 Å². The maximum Gasteiger partial charge on any atom is 0.0547 e. The molecule has 11 rings (SSSR count). The van der Waals surface area contributed by atoms with Gasteiger partial charge in [0.15, 0.2) is 0 Å². The SMILES string of the molecule is c1ccc(-c2cccc(-n3c4ccccc4c4c(-c5ccc6c7ccccc7n(-c7ccc(-c8ccccc8)c(-c8ccccc8)c7)c6c5)cccc43)c2)cc1. The Morgan fingerprint density at radius 2 is 0.768 bits per heavy atom. The Morgan fingerprint density at radius 1 is 0.232 bits per heavy atom. The Bertz CT molecular complexity index is 3220. The molecule has 0 spiro atoms. The van der Waals surface area contributed by atoms with Crippen LogP contribution in [0.2, 0.25) is 0 Å². The predicted octanol–water partition coefficient (Wildman–Crippen LogP) is 14.5. The summed E-state index contributed by atoms with van der Waals surface area (Å²) in [6.07, 6.45) is 0. The summed E-state index contributed by atoms with van der Waals surface area (Å²) in [6.45, 7) is 0. The van der Waals surface area contributed by atoms with E-state index in [9.17, 15) is 0 Å². The van der Waals surface area contributed by atoms with Gasteiger partial charge in [-0.05, 0) is 93.0 Å². The van der Waals surface area contributed by atoms with Crippen molar-refractivity contribution in [1.82, 2.24) is 9.13 Å². The molecule has 0 aliphatic carbocycles. The molecule has 0 atom stereocenters. The average molecular weight is 713 g/mol. The summed E-state index contributed by atoms with van der Waals surface area (Å²) in [5.74, 6) is 0. The third-order valence-electron chi connectivity index (χ3n) is 11.3. The Balaban J connectivity index is 1.13. The van der Waals surface area contributed by atoms with Crippen LogP contribution in [0.25, 0.3) is 99.5 Å². The largest absolute Gasteiger partial charge is 0.309 e. The van der Waals surface area contributed by atoms with Crippen molar-refractivity contribution in [1.29, 1.82) is 0 Å². The summed E-state index contributed by atoms with van der Waals surface area (Å²) in [6, 6.07) is 79.4. The van der Waals surface area contributed by atoms with Gasteiger partial charge in [0.1, 0.15) is 0 Å². The first-order valence-electron chi connectivity index (χ1n) is 19.3. The molecule has 0 aliphatic rings. The molecule has 262 valence electrons. The minimum Gasteiger partial charge on any atom is -0.309 e. The van der Waals surface area contributed by atoms with Gasteiger partial charge in [0.05, 0.1) is 22.1 Å². The molecular weight excluding hydrogens is 677 g/mol. The van der Waals surface area contributed by atoms with E-state index < -0.39 is 0 Å². The van der Waals surface area contributed by atoms with E-state index in [1.165, 1.54) is 88.1 Å². The van der Waals surface area contributed by atoms with Crippen molar-refractivity contribution in [2.45, 2.75) is 0 Å². The number of fused-ring (bicyclic) bond motifs is 6. The normalized spacial score (nSPS) is 11.6. The lowest BCUT2D eigenvalue weighted by Gasteiger charge is -2.15. The van der Waals surface area contributed by atoms with Gasteiger partial charge >= 0.3 is 0 Å². The second-order valence-corrected chi connectivity index (χ2v) is 14.5. The number of nitrogens with zero attached hydrogens (tertiary/aromatic N) is 2. The first kappa shape index (κ1) is 32.0. The minimum absolute atomic E-state index is 1.14. The Labute approximate surface area is 325 Å². The van der Waals surface area contributed by atoms with Gasteiger partial charge < -0.3 is 9.13 Å². The standard InChI is InChI=1S/C54H36N2/c1-4-16-37(17-5-1)40-22-14-23-42(34-40)55-51-28-13-11-25-48(51)54-45(26-15-29-52(54)55)41-30-32-47-46-24-10-12-27-50(46)56(53(47)35-41)43-31-33-44(38-18-6-2-7-19-38)49(36-43)39-20-8-3-9-21-39/h1-36H. The molecule has 0 bridgehead atoms. The number of rotatable bonds is 6. The zero-order valence-corrected chi connectivity index (χ0v) is 30.7. The molecule has 11 aromatic rings. The van der Waals surface area contributed by atoms with Crippen LogP contribution in [0.3, 0.4) is 0 Å². The monoisotopic (exact) mass is 712 g/mol. The van der Waals surface area contributed by atoms with Crippen molar-refractivity contribution < 1.29 is 0 Å². The quantitative estimate of drug-likeness (QED) is 0.162. The molecule has 9 aromatic carbocycles. The van der Waals surface area contributed by atoms with E-state index in [1.54, 1.807) is 0 Å². The van der Waals surface area contributed by atoms with Gasteiger partial charge in [-0.1, -0.05) is 170 Å². The van der Waals surface area contributed by atoms with Crippen LogP contribution in [0.1, 0.15) is 0 Å². The van der Waals surface area contributed by atoms with Crippen LogP contribution in [-0.4, -0.2) is 9.13 Å². The maximum atomic E-state index is 2.45. The molecule has 56 heavy (non-hydrogen) atoms. The third-order valence-corrected chi connectivity index (χ3v) is 11.3. The molecule has 2 aromatic heterocycles. The third kappa shape index (κ3) is 5.19. The van der Waals surface area contributed by atoms with Gasteiger partial charge in [-0.15, -0.1) is 0 Å². The lowest BCUT2D eigenvalue weighted by atomic mass is 9.94. The summed E-state index contributed by atoms with van der Waals surface area (Å²) in [5, 5.41) is 4.99. The molecular formula is C54H36N2. The van der Waals surface area contributed by atoms with Crippen molar-refractivity contribution in [3.63, 3.8) is 0 Å². The van der Waals surface area contributed by atoms with E-state index in [2.05, 4.69) is 228 Å². The summed E-state index contributed by atoms with van der Waals surface area (Å²) < 4.78 is 4.88. The summed E-state index contributed by atoms with van der Waals surface area (Å²) in [4.78, 5) is 0. The molecule has 0 fully saturated rings. The molecule has 2 heterocycles. The number of hydrogen-bond donors (Lipinski definition) is 0. The number of benzene rings is 9. The van der Waals surface area contributed by atoms with Gasteiger partial charge in [-0.3, -0.25) is 0 Å². The molecule has 0 radical (unpaired) electrons. The molecule has 2 heteroatoms. The van der Waals surface area contributed by atoms with Crippen LogP contribution in [0.15, 0.2) is 218 Å². The fraction of sp³-hybridized carbons (Fsp3) is 0. The number of hydrogen-bond acceptors (Lipinski definition) is 0. The fourth-order valence-electron chi connectivity index (χ4n) is 8.81. The van der Waals surface area contributed by atoms with Crippen LogP contribution in [-0.2, 0) is 0 Å². The Kier molecular flexibility index (Phi) is 7.53. The highest BCUT2D eigenvalue weighted by atomic mass is 15.0. The number of para-hydroxylation sites is 2. The molecule has 2 nitrogen and oxygen atoms in total. The van der Waals surface area contributed by atoms with Gasteiger partial charge in [-0.25, -0.2) is 0 Å². The van der Waals surface area contributed by atoms with Gasteiger partial charge in [0, 0.05) is 32.9 Å². The fourth-order valence-corrected chi connectivity index (χ4v) is 8.81. The highest BCUT2D eigenvalue weighted by molar-refractivity contribution is 6.17. The second kappa shape index (κ2) is 13.2. The van der Waals surface area contributed by atoms with E-state index in [-0.39, 0.29) is 0 Å². The van der Waals surface area contributed by atoms with Crippen LogP contribution in [0.4, 0.5) is 0 Å². The Hall–Kier alpha value is -7.42. The lowest BCUT2D eigenvalue weighted by molar-refractivity contribution is 1.18. The summed E-state index contributed by atoms with van der Waals surface area (Å²) in [5.41, 5.74) is 16.7. The van der Waals surface area contributed by atoms with E-state index in [1.807, 2.05) is 0 Å². The first-order valence-corrected chi connectivity index (χ1v) is 19.3. The van der Waals surface area contributed by atoms with Crippen LogP contribution in [0.5, 0.6) is 0 Å². The molecule has 0 saturated heterocycles. The molecule has 0 aliphatic heterocycles. The molecule has 0 saturated carbocycles. The average Bonchev–Trinajstić information content (AvgIpc) is 3.80. The van der Waals surface area contributed by atoms with E-state index in [4.69, 9.17) is 0 Å². The summed E-state index contributed by atoms with van der Waals surface area (Å²) in [7, 11) is 0. The molecule has 0 amide bonds. The van der Waals surface area contributed by atoms with Crippen molar-refractivity contribution in [3.8, 4) is 55.9 Å². The first-order chi connectivity index (χ1) is 27.8. The lowest BCUT2D eigenvalue weighted by Crippen LogP contribution is -1.96. The van der Waals surface area contributed by atoms with E-state index in [0.717, 1.165) is 11.4 Å². The van der Waals surface area contributed by atoms with Gasteiger partial charge in [0.25, 0.3) is 0 Å². The highest BCUT2D eigenvalue weighted by Crippen LogP contribution is 2.42. The van der Waals surface area contributed by atoms with Crippen LogP contribution in [0, 0.1) is 0 Å². The van der Waals surface area contributed by atoms with E-state index >= 15 is 0 Å². The van der Waals surface area contributed by atoms with Gasteiger partial charge in [0.2, 0.25) is 0 Å². The van der Waals surface area contributed by atoms with Crippen LogP contribution >= 0.6 is 0 Å². The minimum atomic E-state index is 1.14. The van der Waals surface area contributed by atoms with Crippen molar-refractivity contribution in [2.24, 2.45) is 0 Å². The second-order valence-electron chi connectivity index (χ2n) is 14.5. The number of aromatic nitrogens is 2. The van der Waals surface area contributed by atoms with Crippen LogP contribution < -0.4 is 0 Å². The molecule has 0 N–H and O–H groups in total.